The molecule has 0 spiro atoms. The lowest BCUT2D eigenvalue weighted by Gasteiger charge is -2.17. The Morgan fingerprint density at radius 3 is 3.00 bits per heavy atom. The van der Waals surface area contributed by atoms with Gasteiger partial charge in [-0.05, 0) is 30.5 Å². The fourth-order valence-corrected chi connectivity index (χ4v) is 4.02. The van der Waals surface area contributed by atoms with Crippen molar-refractivity contribution in [2.75, 3.05) is 17.7 Å². The first kappa shape index (κ1) is 16.9. The zero-order valence-electron chi connectivity index (χ0n) is 14.5. The quantitative estimate of drug-likeness (QED) is 0.921. The second-order valence-electron chi connectivity index (χ2n) is 6.49. The number of benzene rings is 1. The van der Waals surface area contributed by atoms with E-state index in [2.05, 4.69) is 36.4 Å². The van der Waals surface area contributed by atoms with Crippen LogP contribution in [0.25, 0.3) is 0 Å². The minimum atomic E-state index is 0.0129. The van der Waals surface area contributed by atoms with Gasteiger partial charge in [-0.1, -0.05) is 26.0 Å². The largest absolute Gasteiger partial charge is 0.493 e. The molecule has 3 rings (SSSR count). The number of fused-ring (bicyclic) bond motifs is 1. The number of nitrogens with one attached hydrogen (secondary N) is 1. The number of hydrogen-bond acceptors (Lipinski definition) is 4. The van der Waals surface area contributed by atoms with Crippen molar-refractivity contribution in [1.29, 1.82) is 0 Å². The molecule has 0 saturated carbocycles. The summed E-state index contributed by atoms with van der Waals surface area (Å²) in [6, 6.07) is 8.16. The van der Waals surface area contributed by atoms with Crippen LogP contribution in [0.4, 0.5) is 5.82 Å². The van der Waals surface area contributed by atoms with E-state index in [4.69, 9.17) is 4.74 Å². The minimum Gasteiger partial charge on any atom is -0.493 e. The van der Waals surface area contributed by atoms with E-state index in [1.807, 2.05) is 26.1 Å². The lowest BCUT2D eigenvalue weighted by Crippen LogP contribution is -2.15. The predicted molar refractivity (Wildman–Crippen MR) is 97.7 cm³/mol. The fourth-order valence-electron chi connectivity index (χ4n) is 2.84. The average molecular weight is 345 g/mol. The van der Waals surface area contributed by atoms with Crippen molar-refractivity contribution in [1.82, 2.24) is 9.78 Å². The maximum absolute atomic E-state index is 12.0. The van der Waals surface area contributed by atoms with Gasteiger partial charge in [-0.15, -0.1) is 11.8 Å². The molecular weight excluding hydrogens is 322 g/mol. The van der Waals surface area contributed by atoms with Crippen molar-refractivity contribution in [2.24, 2.45) is 13.0 Å². The number of carbonyl (C=O) groups is 1. The summed E-state index contributed by atoms with van der Waals surface area (Å²) in [6.45, 7) is 6.95. The molecule has 5 nitrogen and oxygen atoms in total. The Bertz CT molecular complexity index is 755. The highest BCUT2D eigenvalue weighted by Gasteiger charge is 2.29. The summed E-state index contributed by atoms with van der Waals surface area (Å²) >= 11 is 1.63. The molecule has 0 radical (unpaired) electrons. The van der Waals surface area contributed by atoms with Crippen molar-refractivity contribution in [3.8, 4) is 5.75 Å². The standard InChI is InChI=1S/C18H23N3O2S/c1-11(2)9-23-14-7-5-6-13(8-14)17-16-12(3)20-21(4)18(16)19-15(22)10-24-17/h5-8,11,17H,9-10H2,1-4H3,(H,19,22)/t17-/m1/s1. The number of anilines is 1. The van der Waals surface area contributed by atoms with Gasteiger partial charge in [0.25, 0.3) is 0 Å². The summed E-state index contributed by atoms with van der Waals surface area (Å²) in [5, 5.41) is 7.52. The molecule has 1 amide bonds. The van der Waals surface area contributed by atoms with Crippen LogP contribution in [-0.2, 0) is 11.8 Å². The molecule has 1 aromatic carbocycles. The van der Waals surface area contributed by atoms with Crippen molar-refractivity contribution in [2.45, 2.75) is 26.0 Å². The number of amides is 1. The number of carbonyl (C=O) groups excluding carboxylic acids is 1. The van der Waals surface area contributed by atoms with Gasteiger partial charge in [0.05, 0.1) is 23.3 Å². The monoisotopic (exact) mass is 345 g/mol. The second-order valence-corrected chi connectivity index (χ2v) is 7.58. The normalized spacial score (nSPS) is 17.4. The lowest BCUT2D eigenvalue weighted by atomic mass is 10.0. The van der Waals surface area contributed by atoms with E-state index >= 15 is 0 Å². The third-order valence-corrected chi connectivity index (χ3v) is 5.18. The summed E-state index contributed by atoms with van der Waals surface area (Å²) in [5.41, 5.74) is 3.16. The molecule has 0 aliphatic carbocycles. The second kappa shape index (κ2) is 6.89. The van der Waals surface area contributed by atoms with E-state index in [9.17, 15) is 4.79 Å². The number of aromatic nitrogens is 2. The van der Waals surface area contributed by atoms with Gasteiger partial charge in [-0.25, -0.2) is 0 Å². The number of thioether (sulfide) groups is 1. The maximum Gasteiger partial charge on any atom is 0.235 e. The van der Waals surface area contributed by atoms with Crippen LogP contribution in [0.5, 0.6) is 5.75 Å². The zero-order valence-corrected chi connectivity index (χ0v) is 15.3. The molecule has 2 heterocycles. The van der Waals surface area contributed by atoms with Crippen LogP contribution in [0.15, 0.2) is 24.3 Å². The summed E-state index contributed by atoms with van der Waals surface area (Å²) in [4.78, 5) is 12.0. The Hall–Kier alpha value is -1.95. The van der Waals surface area contributed by atoms with E-state index < -0.39 is 0 Å². The van der Waals surface area contributed by atoms with Gasteiger partial charge in [-0.3, -0.25) is 9.48 Å². The summed E-state index contributed by atoms with van der Waals surface area (Å²) in [5.74, 6) is 2.58. The van der Waals surface area contributed by atoms with E-state index in [1.165, 1.54) is 0 Å². The highest BCUT2D eigenvalue weighted by atomic mass is 32.2. The molecule has 1 aliphatic rings. The van der Waals surface area contributed by atoms with Crippen LogP contribution in [0, 0.1) is 12.8 Å². The Morgan fingerprint density at radius 1 is 1.46 bits per heavy atom. The Labute approximate surface area is 146 Å². The number of rotatable bonds is 4. The first-order chi connectivity index (χ1) is 11.5. The smallest absolute Gasteiger partial charge is 0.235 e. The van der Waals surface area contributed by atoms with E-state index in [0.29, 0.717) is 18.3 Å². The van der Waals surface area contributed by atoms with Crippen LogP contribution in [-0.4, -0.2) is 28.0 Å². The fraction of sp³-hybridized carbons (Fsp3) is 0.444. The van der Waals surface area contributed by atoms with E-state index in [1.54, 1.807) is 16.4 Å². The molecule has 0 fully saturated rings. The van der Waals surface area contributed by atoms with Crippen molar-refractivity contribution in [3.05, 3.63) is 41.1 Å². The highest BCUT2D eigenvalue weighted by molar-refractivity contribution is 8.00. The minimum absolute atomic E-state index is 0.0129. The van der Waals surface area contributed by atoms with Crippen LogP contribution in [0.1, 0.15) is 35.9 Å². The molecule has 24 heavy (non-hydrogen) atoms. The predicted octanol–water partition coefficient (Wildman–Crippen LogP) is 3.54. The van der Waals surface area contributed by atoms with Gasteiger partial charge >= 0.3 is 0 Å². The van der Waals surface area contributed by atoms with Crippen molar-refractivity contribution in [3.63, 3.8) is 0 Å². The molecule has 1 aliphatic heterocycles. The van der Waals surface area contributed by atoms with E-state index in [0.717, 1.165) is 28.4 Å². The SMILES string of the molecule is Cc1nn(C)c2c1[C@@H](c1cccc(OCC(C)C)c1)SCC(=O)N2. The van der Waals surface area contributed by atoms with Crippen LogP contribution in [0.3, 0.4) is 0 Å². The highest BCUT2D eigenvalue weighted by Crippen LogP contribution is 2.43. The number of hydrogen-bond donors (Lipinski definition) is 1. The number of ether oxygens (including phenoxy) is 1. The van der Waals surface area contributed by atoms with Crippen molar-refractivity contribution >= 4 is 23.5 Å². The van der Waals surface area contributed by atoms with Crippen LogP contribution >= 0.6 is 11.8 Å². The van der Waals surface area contributed by atoms with Gasteiger partial charge in [0.2, 0.25) is 5.91 Å². The third kappa shape index (κ3) is 3.43. The van der Waals surface area contributed by atoms with Gasteiger partial charge < -0.3 is 10.1 Å². The number of aryl methyl sites for hydroxylation is 2. The first-order valence-electron chi connectivity index (χ1n) is 8.13. The molecule has 6 heteroatoms. The summed E-state index contributed by atoms with van der Waals surface area (Å²) in [6.07, 6.45) is 0. The molecule has 2 aromatic rings. The number of nitrogens with zero attached hydrogens (tertiary/aromatic N) is 2. The molecule has 0 saturated heterocycles. The average Bonchev–Trinajstić information content (AvgIpc) is 2.72. The van der Waals surface area contributed by atoms with Gasteiger partial charge in [0, 0.05) is 12.6 Å². The molecule has 0 bridgehead atoms. The Morgan fingerprint density at radius 2 is 2.25 bits per heavy atom. The molecule has 128 valence electrons. The third-order valence-electron chi connectivity index (χ3n) is 3.91. The van der Waals surface area contributed by atoms with Crippen molar-refractivity contribution < 1.29 is 9.53 Å². The Kier molecular flexibility index (Phi) is 4.85. The zero-order chi connectivity index (χ0) is 17.3. The van der Waals surface area contributed by atoms with Gasteiger partial charge in [0.1, 0.15) is 11.6 Å². The molecule has 1 N–H and O–H groups in total. The first-order valence-corrected chi connectivity index (χ1v) is 9.18. The molecule has 0 unspecified atom stereocenters. The maximum atomic E-state index is 12.0. The molecule has 1 atom stereocenters. The topological polar surface area (TPSA) is 56.2 Å². The summed E-state index contributed by atoms with van der Waals surface area (Å²) in [7, 11) is 1.86. The van der Waals surface area contributed by atoms with Crippen LogP contribution < -0.4 is 10.1 Å². The van der Waals surface area contributed by atoms with Crippen LogP contribution in [0.2, 0.25) is 0 Å². The van der Waals surface area contributed by atoms with Gasteiger partial charge in [0.15, 0.2) is 0 Å². The molecular formula is C18H23N3O2S. The lowest BCUT2D eigenvalue weighted by molar-refractivity contribution is -0.113. The summed E-state index contributed by atoms with van der Waals surface area (Å²) < 4.78 is 7.61. The molecule has 1 aromatic heterocycles. The Balaban J connectivity index is 1.97. The van der Waals surface area contributed by atoms with E-state index in [-0.39, 0.29) is 11.2 Å². The van der Waals surface area contributed by atoms with Gasteiger partial charge in [-0.2, -0.15) is 5.10 Å².